The van der Waals surface area contributed by atoms with Gasteiger partial charge >= 0.3 is 0 Å². The van der Waals surface area contributed by atoms with E-state index in [9.17, 15) is 8.42 Å². The minimum Gasteiger partial charge on any atom is -0.282 e. The number of H-pyrrole nitrogens is 1. The number of hydrogen-bond acceptors (Lipinski definition) is 6. The van der Waals surface area contributed by atoms with Gasteiger partial charge in [0.15, 0.2) is 0 Å². The molecule has 3 aromatic heterocycles. The van der Waals surface area contributed by atoms with Crippen LogP contribution in [0.4, 0.5) is 0 Å². The molecular weight excluding hydrogens is 360 g/mol. The highest BCUT2D eigenvalue weighted by Gasteiger charge is 2.25. The molecule has 0 spiro atoms. The van der Waals surface area contributed by atoms with Crippen molar-refractivity contribution in [1.29, 1.82) is 0 Å². The summed E-state index contributed by atoms with van der Waals surface area (Å²) in [5.41, 5.74) is 1.67. The largest absolute Gasteiger partial charge is 0.282 e. The van der Waals surface area contributed by atoms with E-state index >= 15 is 0 Å². The summed E-state index contributed by atoms with van der Waals surface area (Å²) >= 11 is 1.41. The second kappa shape index (κ2) is 6.70. The standard InChI is InChI=1S/C15H20N6O2S2/c1-5-21-15(16-8-17-21)10(3)20-25(22,23)14-7-13(24-11(14)4)12-6-9(2)18-19-12/h6-8,10,20H,5H2,1-4H3,(H,18,19). The quantitative estimate of drug-likeness (QED) is 0.683. The lowest BCUT2D eigenvalue weighted by atomic mass is 10.3. The Balaban J connectivity index is 1.89. The molecule has 0 aliphatic carbocycles. The van der Waals surface area contributed by atoms with Crippen molar-refractivity contribution in [2.75, 3.05) is 0 Å². The minimum absolute atomic E-state index is 0.266. The maximum Gasteiger partial charge on any atom is 0.242 e. The van der Waals surface area contributed by atoms with Gasteiger partial charge < -0.3 is 0 Å². The Labute approximate surface area is 150 Å². The molecule has 8 nitrogen and oxygen atoms in total. The first-order valence-electron chi connectivity index (χ1n) is 7.84. The topological polar surface area (TPSA) is 106 Å². The summed E-state index contributed by atoms with van der Waals surface area (Å²) in [5, 5.41) is 11.2. The first-order valence-corrected chi connectivity index (χ1v) is 10.1. The number of nitrogens with one attached hydrogen (secondary N) is 2. The second-order valence-corrected chi connectivity index (χ2v) is 8.68. The first-order chi connectivity index (χ1) is 11.8. The number of aryl methyl sites for hydroxylation is 3. The molecule has 3 heterocycles. The highest BCUT2D eigenvalue weighted by molar-refractivity contribution is 7.89. The van der Waals surface area contributed by atoms with E-state index < -0.39 is 16.1 Å². The van der Waals surface area contributed by atoms with Crippen molar-refractivity contribution >= 4 is 21.4 Å². The van der Waals surface area contributed by atoms with Crippen LogP contribution in [0.3, 0.4) is 0 Å². The predicted molar refractivity (Wildman–Crippen MR) is 95.8 cm³/mol. The number of aromatic nitrogens is 5. The lowest BCUT2D eigenvalue weighted by Gasteiger charge is -2.14. The van der Waals surface area contributed by atoms with Crippen LogP contribution < -0.4 is 4.72 Å². The molecule has 0 bridgehead atoms. The fraction of sp³-hybridized carbons (Fsp3) is 0.400. The molecule has 25 heavy (non-hydrogen) atoms. The Morgan fingerprint density at radius 3 is 2.76 bits per heavy atom. The maximum absolute atomic E-state index is 12.8. The Bertz CT molecular complexity index is 986. The molecule has 3 rings (SSSR count). The van der Waals surface area contributed by atoms with Gasteiger partial charge in [-0.25, -0.2) is 22.8 Å². The third-order valence-corrected chi connectivity index (χ3v) is 6.65. The third-order valence-electron chi connectivity index (χ3n) is 3.78. The van der Waals surface area contributed by atoms with E-state index in [2.05, 4.69) is 25.0 Å². The zero-order valence-electron chi connectivity index (χ0n) is 14.4. The first kappa shape index (κ1) is 17.8. The van der Waals surface area contributed by atoms with Crippen molar-refractivity contribution in [3.8, 4) is 10.6 Å². The van der Waals surface area contributed by atoms with Gasteiger partial charge in [0.25, 0.3) is 0 Å². The second-order valence-electron chi connectivity index (χ2n) is 5.74. The number of thiophene rings is 1. The number of rotatable bonds is 6. The summed E-state index contributed by atoms with van der Waals surface area (Å²) in [5.74, 6) is 0.585. The molecule has 3 aromatic rings. The average molecular weight is 380 g/mol. The van der Waals surface area contributed by atoms with Gasteiger partial charge in [0.2, 0.25) is 10.0 Å². The van der Waals surface area contributed by atoms with Gasteiger partial charge in [-0.1, -0.05) is 0 Å². The molecule has 0 saturated heterocycles. The molecule has 1 unspecified atom stereocenters. The van der Waals surface area contributed by atoms with Crippen LogP contribution in [0, 0.1) is 13.8 Å². The van der Waals surface area contributed by atoms with E-state index in [0.29, 0.717) is 17.2 Å². The maximum atomic E-state index is 12.8. The molecule has 0 aliphatic heterocycles. The van der Waals surface area contributed by atoms with Gasteiger partial charge in [0, 0.05) is 17.1 Å². The molecule has 0 aliphatic rings. The van der Waals surface area contributed by atoms with Crippen molar-refractivity contribution in [1.82, 2.24) is 29.7 Å². The molecule has 134 valence electrons. The number of nitrogens with zero attached hydrogens (tertiary/aromatic N) is 4. The van der Waals surface area contributed by atoms with E-state index in [-0.39, 0.29) is 4.90 Å². The van der Waals surface area contributed by atoms with Crippen LogP contribution in [0.25, 0.3) is 10.6 Å². The Hall–Kier alpha value is -2.04. The van der Waals surface area contributed by atoms with Gasteiger partial charge in [-0.3, -0.25) is 5.10 Å². The van der Waals surface area contributed by atoms with Crippen LogP contribution in [-0.4, -0.2) is 33.4 Å². The van der Waals surface area contributed by atoms with E-state index in [4.69, 9.17) is 0 Å². The zero-order valence-corrected chi connectivity index (χ0v) is 16.1. The molecule has 0 radical (unpaired) electrons. The van der Waals surface area contributed by atoms with Crippen LogP contribution in [0.15, 0.2) is 23.4 Å². The molecule has 0 aromatic carbocycles. The lowest BCUT2D eigenvalue weighted by molar-refractivity contribution is 0.531. The van der Waals surface area contributed by atoms with Gasteiger partial charge in [0.1, 0.15) is 17.8 Å². The summed E-state index contributed by atoms with van der Waals surface area (Å²) in [7, 11) is -3.68. The summed E-state index contributed by atoms with van der Waals surface area (Å²) in [4.78, 5) is 5.95. The molecule has 0 amide bonds. The number of hydrogen-bond donors (Lipinski definition) is 2. The Morgan fingerprint density at radius 1 is 1.36 bits per heavy atom. The molecule has 0 saturated carbocycles. The summed E-state index contributed by atoms with van der Waals surface area (Å²) in [6.07, 6.45) is 1.43. The smallest absolute Gasteiger partial charge is 0.242 e. The van der Waals surface area contributed by atoms with Crippen LogP contribution in [0.1, 0.15) is 36.3 Å². The molecular formula is C15H20N6O2S2. The normalized spacial score (nSPS) is 13.3. The highest BCUT2D eigenvalue weighted by Crippen LogP contribution is 2.33. The van der Waals surface area contributed by atoms with Crippen LogP contribution in [0.2, 0.25) is 0 Å². The molecule has 0 fully saturated rings. The van der Waals surface area contributed by atoms with Crippen LogP contribution >= 0.6 is 11.3 Å². The fourth-order valence-electron chi connectivity index (χ4n) is 2.60. The summed E-state index contributed by atoms with van der Waals surface area (Å²) in [6, 6.07) is 3.07. The third kappa shape index (κ3) is 3.51. The minimum atomic E-state index is -3.68. The van der Waals surface area contributed by atoms with Crippen molar-refractivity contribution < 1.29 is 8.42 Å². The summed E-state index contributed by atoms with van der Waals surface area (Å²) in [6.45, 7) is 8.01. The van der Waals surface area contributed by atoms with Crippen molar-refractivity contribution in [2.24, 2.45) is 0 Å². The summed E-state index contributed by atoms with van der Waals surface area (Å²) < 4.78 is 30.0. The predicted octanol–water partition coefficient (Wildman–Crippen LogP) is 2.41. The Morgan fingerprint density at radius 2 is 2.12 bits per heavy atom. The molecule has 1 atom stereocenters. The van der Waals surface area contributed by atoms with Gasteiger partial charge in [-0.05, 0) is 39.8 Å². The van der Waals surface area contributed by atoms with E-state index in [1.807, 2.05) is 19.9 Å². The van der Waals surface area contributed by atoms with E-state index in [0.717, 1.165) is 16.3 Å². The van der Waals surface area contributed by atoms with Gasteiger partial charge in [-0.15, -0.1) is 11.3 Å². The zero-order chi connectivity index (χ0) is 18.2. The molecule has 2 N–H and O–H groups in total. The van der Waals surface area contributed by atoms with Gasteiger partial charge in [-0.2, -0.15) is 10.2 Å². The SMILES string of the molecule is CCn1ncnc1C(C)NS(=O)(=O)c1cc(-c2cc(C)[nH]n2)sc1C. The molecule has 10 heteroatoms. The highest BCUT2D eigenvalue weighted by atomic mass is 32.2. The van der Waals surface area contributed by atoms with Crippen molar-refractivity contribution in [2.45, 2.75) is 45.2 Å². The van der Waals surface area contributed by atoms with Gasteiger partial charge in [0.05, 0.1) is 15.8 Å². The average Bonchev–Trinajstić information content (AvgIpc) is 3.25. The van der Waals surface area contributed by atoms with E-state index in [1.54, 1.807) is 24.6 Å². The Kier molecular flexibility index (Phi) is 4.76. The van der Waals surface area contributed by atoms with Crippen LogP contribution in [0.5, 0.6) is 0 Å². The van der Waals surface area contributed by atoms with Crippen molar-refractivity contribution in [3.05, 3.63) is 34.9 Å². The fourth-order valence-corrected chi connectivity index (χ4v) is 5.36. The van der Waals surface area contributed by atoms with Crippen LogP contribution in [-0.2, 0) is 16.6 Å². The van der Waals surface area contributed by atoms with Crippen molar-refractivity contribution in [3.63, 3.8) is 0 Å². The number of aromatic amines is 1. The number of sulfonamides is 1. The monoisotopic (exact) mass is 380 g/mol. The lowest BCUT2D eigenvalue weighted by Crippen LogP contribution is -2.29. The van der Waals surface area contributed by atoms with E-state index in [1.165, 1.54) is 17.7 Å².